The molecule has 0 saturated carbocycles. The van der Waals surface area contributed by atoms with Gasteiger partial charge in [0.15, 0.2) is 0 Å². The van der Waals surface area contributed by atoms with E-state index < -0.39 is 0 Å². The number of amides is 3. The quantitative estimate of drug-likeness (QED) is 0.629. The Labute approximate surface area is 164 Å². The van der Waals surface area contributed by atoms with Gasteiger partial charge in [0.05, 0.1) is 22.5 Å². The van der Waals surface area contributed by atoms with E-state index in [0.29, 0.717) is 34.4 Å². The van der Waals surface area contributed by atoms with Crippen LogP contribution in [0.15, 0.2) is 54.6 Å². The smallest absolute Gasteiger partial charge is 0.319 e. The summed E-state index contributed by atoms with van der Waals surface area (Å²) in [6.45, 7) is 5.97. The summed E-state index contributed by atoms with van der Waals surface area (Å²) in [4.78, 5) is 29.9. The van der Waals surface area contributed by atoms with Crippen LogP contribution in [0.3, 0.4) is 0 Å². The fourth-order valence-corrected chi connectivity index (χ4v) is 2.99. The Morgan fingerprint density at radius 3 is 2.39 bits per heavy atom. The standard InChI is InChI=1S/C22H24N4O2/c1-14(2)24-21(27)19-17-11-7-8-12-18(17)25-15(3)20(19)26-22(28)23-13-16-9-5-4-6-10-16/h4-12,14H,13H2,1-3H3,(H,24,27)(H2,23,26,28). The minimum atomic E-state index is -0.386. The second-order valence-electron chi connectivity index (χ2n) is 6.89. The van der Waals surface area contributed by atoms with E-state index in [1.165, 1.54) is 0 Å². The van der Waals surface area contributed by atoms with Gasteiger partial charge in [-0.3, -0.25) is 9.78 Å². The number of hydrogen-bond donors (Lipinski definition) is 3. The molecular formula is C22H24N4O2. The van der Waals surface area contributed by atoms with Gasteiger partial charge in [-0.25, -0.2) is 4.79 Å². The zero-order chi connectivity index (χ0) is 20.1. The van der Waals surface area contributed by atoms with E-state index >= 15 is 0 Å². The molecule has 0 saturated heterocycles. The van der Waals surface area contributed by atoms with Gasteiger partial charge < -0.3 is 16.0 Å². The molecule has 0 aliphatic carbocycles. The zero-order valence-electron chi connectivity index (χ0n) is 16.2. The lowest BCUT2D eigenvalue weighted by molar-refractivity contribution is 0.0945. The maximum atomic E-state index is 12.9. The molecule has 6 nitrogen and oxygen atoms in total. The van der Waals surface area contributed by atoms with Gasteiger partial charge in [-0.15, -0.1) is 0 Å². The highest BCUT2D eigenvalue weighted by Crippen LogP contribution is 2.28. The highest BCUT2D eigenvalue weighted by molar-refractivity contribution is 6.13. The molecule has 0 aliphatic heterocycles. The monoisotopic (exact) mass is 376 g/mol. The van der Waals surface area contributed by atoms with Crippen molar-refractivity contribution in [1.82, 2.24) is 15.6 Å². The molecular weight excluding hydrogens is 352 g/mol. The van der Waals surface area contributed by atoms with Crippen LogP contribution in [0.2, 0.25) is 0 Å². The first-order valence-electron chi connectivity index (χ1n) is 9.24. The van der Waals surface area contributed by atoms with Crippen LogP contribution in [0.4, 0.5) is 10.5 Å². The normalized spacial score (nSPS) is 10.7. The van der Waals surface area contributed by atoms with Gasteiger partial charge in [-0.05, 0) is 32.4 Å². The van der Waals surface area contributed by atoms with Crippen molar-refractivity contribution >= 4 is 28.5 Å². The van der Waals surface area contributed by atoms with E-state index in [2.05, 4.69) is 20.9 Å². The summed E-state index contributed by atoms with van der Waals surface area (Å²) >= 11 is 0. The lowest BCUT2D eigenvalue weighted by Gasteiger charge is -2.17. The highest BCUT2D eigenvalue weighted by atomic mass is 16.2. The Morgan fingerprint density at radius 1 is 1.00 bits per heavy atom. The SMILES string of the molecule is Cc1nc2ccccc2c(C(=O)NC(C)C)c1NC(=O)NCc1ccccc1. The van der Waals surface area contributed by atoms with Gasteiger partial charge in [0.2, 0.25) is 0 Å². The van der Waals surface area contributed by atoms with Crippen LogP contribution in [0.1, 0.15) is 35.5 Å². The third kappa shape index (κ3) is 4.46. The first-order valence-corrected chi connectivity index (χ1v) is 9.24. The van der Waals surface area contributed by atoms with Crippen molar-refractivity contribution in [2.75, 3.05) is 5.32 Å². The lowest BCUT2D eigenvalue weighted by Crippen LogP contribution is -2.33. The van der Waals surface area contributed by atoms with Crippen LogP contribution in [-0.2, 0) is 6.54 Å². The summed E-state index contributed by atoms with van der Waals surface area (Å²) < 4.78 is 0. The Bertz CT molecular complexity index is 1000. The van der Waals surface area contributed by atoms with E-state index in [-0.39, 0.29) is 18.0 Å². The van der Waals surface area contributed by atoms with Gasteiger partial charge in [0.1, 0.15) is 0 Å². The molecule has 0 radical (unpaired) electrons. The second kappa shape index (κ2) is 8.52. The molecule has 0 aliphatic rings. The number of carbonyl (C=O) groups excluding carboxylic acids is 2. The van der Waals surface area contributed by atoms with Gasteiger partial charge >= 0.3 is 6.03 Å². The maximum absolute atomic E-state index is 12.9. The van der Waals surface area contributed by atoms with Crippen molar-refractivity contribution in [1.29, 1.82) is 0 Å². The Kier molecular flexibility index (Phi) is 5.89. The van der Waals surface area contributed by atoms with E-state index in [1.54, 1.807) is 6.92 Å². The highest BCUT2D eigenvalue weighted by Gasteiger charge is 2.21. The molecule has 144 valence electrons. The minimum Gasteiger partial charge on any atom is -0.350 e. The van der Waals surface area contributed by atoms with Crippen molar-refractivity contribution in [3.8, 4) is 0 Å². The minimum absolute atomic E-state index is 0.0282. The number of carbonyl (C=O) groups is 2. The number of nitrogens with zero attached hydrogens (tertiary/aromatic N) is 1. The van der Waals surface area contributed by atoms with E-state index in [0.717, 1.165) is 5.56 Å². The van der Waals surface area contributed by atoms with Crippen LogP contribution in [-0.4, -0.2) is 23.0 Å². The predicted molar refractivity (Wildman–Crippen MR) is 111 cm³/mol. The van der Waals surface area contributed by atoms with Crippen molar-refractivity contribution in [2.24, 2.45) is 0 Å². The maximum Gasteiger partial charge on any atom is 0.319 e. The first-order chi connectivity index (χ1) is 13.5. The van der Waals surface area contributed by atoms with Crippen LogP contribution >= 0.6 is 0 Å². The fourth-order valence-electron chi connectivity index (χ4n) is 2.99. The summed E-state index contributed by atoms with van der Waals surface area (Å²) in [5, 5.41) is 9.25. The largest absolute Gasteiger partial charge is 0.350 e. The number of benzene rings is 2. The number of anilines is 1. The van der Waals surface area contributed by atoms with Crippen molar-refractivity contribution < 1.29 is 9.59 Å². The lowest BCUT2D eigenvalue weighted by atomic mass is 10.0. The van der Waals surface area contributed by atoms with Crippen molar-refractivity contribution in [3.63, 3.8) is 0 Å². The molecule has 28 heavy (non-hydrogen) atoms. The molecule has 0 unspecified atom stereocenters. The molecule has 3 amide bonds. The number of para-hydroxylation sites is 1. The number of urea groups is 1. The predicted octanol–water partition coefficient (Wildman–Crippen LogP) is 4.00. The van der Waals surface area contributed by atoms with E-state index in [9.17, 15) is 9.59 Å². The van der Waals surface area contributed by atoms with Gasteiger partial charge in [0, 0.05) is 18.0 Å². The summed E-state index contributed by atoms with van der Waals surface area (Å²) in [7, 11) is 0. The van der Waals surface area contributed by atoms with Crippen LogP contribution in [0.5, 0.6) is 0 Å². The Balaban J connectivity index is 1.91. The number of aryl methyl sites for hydroxylation is 1. The molecule has 1 aromatic heterocycles. The number of hydrogen-bond acceptors (Lipinski definition) is 3. The van der Waals surface area contributed by atoms with Crippen LogP contribution in [0, 0.1) is 6.92 Å². The number of fused-ring (bicyclic) bond motifs is 1. The number of nitrogens with one attached hydrogen (secondary N) is 3. The first kappa shape index (κ1) is 19.4. The molecule has 3 rings (SSSR count). The topological polar surface area (TPSA) is 83.1 Å². The Morgan fingerprint density at radius 2 is 1.68 bits per heavy atom. The Hall–Kier alpha value is -3.41. The summed E-state index contributed by atoms with van der Waals surface area (Å²) in [6, 6.07) is 16.6. The molecule has 0 spiro atoms. The average molecular weight is 376 g/mol. The number of rotatable bonds is 5. The van der Waals surface area contributed by atoms with Gasteiger partial charge in [0.25, 0.3) is 5.91 Å². The number of pyridine rings is 1. The fraction of sp³-hybridized carbons (Fsp3) is 0.227. The van der Waals surface area contributed by atoms with Crippen molar-refractivity contribution in [2.45, 2.75) is 33.4 Å². The average Bonchev–Trinajstić information content (AvgIpc) is 2.67. The molecule has 0 bridgehead atoms. The summed E-state index contributed by atoms with van der Waals surface area (Å²) in [5.74, 6) is -0.241. The van der Waals surface area contributed by atoms with Crippen LogP contribution < -0.4 is 16.0 Å². The summed E-state index contributed by atoms with van der Waals surface area (Å²) in [5.41, 5.74) is 3.13. The summed E-state index contributed by atoms with van der Waals surface area (Å²) in [6.07, 6.45) is 0. The van der Waals surface area contributed by atoms with Crippen molar-refractivity contribution in [3.05, 3.63) is 71.4 Å². The third-order valence-corrected chi connectivity index (χ3v) is 4.25. The molecule has 3 aromatic rings. The molecule has 3 N–H and O–H groups in total. The molecule has 0 atom stereocenters. The molecule has 1 heterocycles. The van der Waals surface area contributed by atoms with Crippen LogP contribution in [0.25, 0.3) is 10.9 Å². The third-order valence-electron chi connectivity index (χ3n) is 4.25. The zero-order valence-corrected chi connectivity index (χ0v) is 16.2. The molecule has 2 aromatic carbocycles. The van der Waals surface area contributed by atoms with Gasteiger partial charge in [-0.2, -0.15) is 0 Å². The van der Waals surface area contributed by atoms with E-state index in [4.69, 9.17) is 0 Å². The van der Waals surface area contributed by atoms with Gasteiger partial charge in [-0.1, -0.05) is 48.5 Å². The molecule has 0 fully saturated rings. The molecule has 6 heteroatoms. The second-order valence-corrected chi connectivity index (χ2v) is 6.89. The number of aromatic nitrogens is 1. The van der Waals surface area contributed by atoms with E-state index in [1.807, 2.05) is 68.4 Å².